The van der Waals surface area contributed by atoms with Gasteiger partial charge in [-0.25, -0.2) is 0 Å². The third-order valence-corrected chi connectivity index (χ3v) is 6.52. The van der Waals surface area contributed by atoms with E-state index in [0.29, 0.717) is 37.3 Å². The molecule has 0 N–H and O–H groups in total. The van der Waals surface area contributed by atoms with E-state index in [1.807, 2.05) is 17.9 Å². The van der Waals surface area contributed by atoms with Crippen molar-refractivity contribution in [3.05, 3.63) is 58.7 Å². The zero-order chi connectivity index (χ0) is 22.2. The van der Waals surface area contributed by atoms with Gasteiger partial charge in [0.05, 0.1) is 30.4 Å². The van der Waals surface area contributed by atoms with Gasteiger partial charge in [0.25, 0.3) is 11.8 Å². The van der Waals surface area contributed by atoms with Crippen LogP contribution < -0.4 is 9.47 Å². The number of carbonyl (C=O) groups is 3. The third kappa shape index (κ3) is 3.51. The number of rotatable bonds is 4. The molecule has 3 heterocycles. The van der Waals surface area contributed by atoms with Crippen molar-refractivity contribution in [2.24, 2.45) is 0 Å². The van der Waals surface area contributed by atoms with Gasteiger partial charge >= 0.3 is 0 Å². The molecule has 3 aliphatic heterocycles. The molecule has 2 aromatic carbocycles. The van der Waals surface area contributed by atoms with Crippen molar-refractivity contribution in [3.63, 3.8) is 0 Å². The highest BCUT2D eigenvalue weighted by atomic mass is 16.5. The van der Waals surface area contributed by atoms with Gasteiger partial charge in [0.1, 0.15) is 0 Å². The number of benzene rings is 2. The number of carbonyl (C=O) groups excluding carboxylic acids is 3. The Kier molecular flexibility index (Phi) is 5.33. The molecule has 7 nitrogen and oxygen atoms in total. The lowest BCUT2D eigenvalue weighted by molar-refractivity contribution is -0.133. The number of imide groups is 1. The second-order valence-corrected chi connectivity index (χ2v) is 8.47. The molecule has 0 spiro atoms. The van der Waals surface area contributed by atoms with Crippen LogP contribution in [0.15, 0.2) is 36.4 Å². The van der Waals surface area contributed by atoms with Crippen LogP contribution in [0.2, 0.25) is 0 Å². The van der Waals surface area contributed by atoms with Crippen LogP contribution in [0.5, 0.6) is 11.5 Å². The molecular weight excluding hydrogens is 408 g/mol. The second-order valence-electron chi connectivity index (χ2n) is 8.47. The first-order valence-electron chi connectivity index (χ1n) is 11.2. The Morgan fingerprint density at radius 3 is 2.38 bits per heavy atom. The summed E-state index contributed by atoms with van der Waals surface area (Å²) in [4.78, 5) is 41.1. The van der Waals surface area contributed by atoms with Gasteiger partial charge in [0.2, 0.25) is 5.91 Å². The molecule has 166 valence electrons. The highest BCUT2D eigenvalue weighted by Gasteiger charge is 2.35. The molecule has 0 bridgehead atoms. The Morgan fingerprint density at radius 2 is 1.69 bits per heavy atom. The molecule has 0 saturated heterocycles. The molecular formula is C25H26N2O5. The van der Waals surface area contributed by atoms with E-state index in [4.69, 9.17) is 9.47 Å². The fraction of sp³-hybridized carbons (Fsp3) is 0.400. The van der Waals surface area contributed by atoms with Crippen LogP contribution in [0, 0.1) is 0 Å². The standard InChI is InChI=1S/C25H26N2O5/c1-16-20-15-22-21(31-12-5-13-32-22)14-17(20)9-11-26(16)23(28)8-4-10-27-24(29)18-6-2-3-7-19(18)25(27)30/h2-3,6-7,14-16H,4-5,8-13H2,1H3/t16-/m1/s1. The highest BCUT2D eigenvalue weighted by molar-refractivity contribution is 6.21. The van der Waals surface area contributed by atoms with Gasteiger partial charge in [0.15, 0.2) is 11.5 Å². The summed E-state index contributed by atoms with van der Waals surface area (Å²) in [5, 5.41) is 0. The van der Waals surface area contributed by atoms with Crippen LogP contribution in [-0.4, -0.2) is 53.8 Å². The molecule has 3 aliphatic rings. The van der Waals surface area contributed by atoms with Gasteiger partial charge in [-0.2, -0.15) is 0 Å². The van der Waals surface area contributed by atoms with Gasteiger partial charge in [-0.3, -0.25) is 19.3 Å². The molecule has 1 atom stereocenters. The summed E-state index contributed by atoms with van der Waals surface area (Å²) >= 11 is 0. The van der Waals surface area contributed by atoms with Crippen LogP contribution in [0.1, 0.15) is 64.1 Å². The fourth-order valence-electron chi connectivity index (χ4n) is 4.79. The molecule has 0 saturated carbocycles. The normalized spacial score (nSPS) is 19.5. The molecule has 0 radical (unpaired) electrons. The van der Waals surface area contributed by atoms with Gasteiger partial charge in [-0.05, 0) is 55.2 Å². The van der Waals surface area contributed by atoms with E-state index in [1.54, 1.807) is 24.3 Å². The van der Waals surface area contributed by atoms with E-state index in [2.05, 4.69) is 6.07 Å². The van der Waals surface area contributed by atoms with Crippen molar-refractivity contribution in [1.82, 2.24) is 9.80 Å². The lowest BCUT2D eigenvalue weighted by atomic mass is 9.92. The lowest BCUT2D eigenvalue weighted by Crippen LogP contribution is -2.39. The quantitative estimate of drug-likeness (QED) is 0.690. The summed E-state index contributed by atoms with van der Waals surface area (Å²) < 4.78 is 11.6. The number of hydrogen-bond donors (Lipinski definition) is 0. The van der Waals surface area contributed by atoms with E-state index in [0.717, 1.165) is 29.9 Å². The first-order chi connectivity index (χ1) is 15.5. The Hall–Kier alpha value is -3.35. The first-order valence-corrected chi connectivity index (χ1v) is 11.2. The predicted molar refractivity (Wildman–Crippen MR) is 117 cm³/mol. The fourth-order valence-corrected chi connectivity index (χ4v) is 4.79. The van der Waals surface area contributed by atoms with Gasteiger partial charge in [-0.15, -0.1) is 0 Å². The molecule has 0 unspecified atom stereocenters. The number of ether oxygens (including phenoxy) is 2. The van der Waals surface area contributed by atoms with Crippen molar-refractivity contribution in [3.8, 4) is 11.5 Å². The smallest absolute Gasteiger partial charge is 0.261 e. The maximum atomic E-state index is 13.0. The lowest BCUT2D eigenvalue weighted by Gasteiger charge is -2.36. The van der Waals surface area contributed by atoms with Crippen LogP contribution in [-0.2, 0) is 11.2 Å². The third-order valence-electron chi connectivity index (χ3n) is 6.52. The van der Waals surface area contributed by atoms with Crippen molar-refractivity contribution >= 4 is 17.7 Å². The molecule has 32 heavy (non-hydrogen) atoms. The molecule has 0 fully saturated rings. The van der Waals surface area contributed by atoms with Crippen molar-refractivity contribution in [2.45, 2.75) is 38.6 Å². The molecule has 0 aliphatic carbocycles. The predicted octanol–water partition coefficient (Wildman–Crippen LogP) is 3.37. The minimum atomic E-state index is -0.277. The molecule has 7 heteroatoms. The second kappa shape index (κ2) is 8.30. The minimum Gasteiger partial charge on any atom is -0.490 e. The average Bonchev–Trinajstić information content (AvgIpc) is 2.95. The first kappa shape index (κ1) is 20.5. The number of fused-ring (bicyclic) bond motifs is 3. The molecule has 2 aromatic rings. The number of hydrogen-bond acceptors (Lipinski definition) is 5. The van der Waals surface area contributed by atoms with E-state index < -0.39 is 0 Å². The van der Waals surface area contributed by atoms with Crippen LogP contribution in [0.4, 0.5) is 0 Å². The Bertz CT molecular complexity index is 1060. The minimum absolute atomic E-state index is 0.0341. The molecule has 3 amide bonds. The highest BCUT2D eigenvalue weighted by Crippen LogP contribution is 2.39. The Labute approximate surface area is 186 Å². The SMILES string of the molecule is C[C@@H]1c2cc3c(cc2CCN1C(=O)CCCN1C(=O)c2ccccc2C1=O)OCCCO3. The monoisotopic (exact) mass is 434 g/mol. The maximum absolute atomic E-state index is 13.0. The van der Waals surface area contributed by atoms with E-state index in [9.17, 15) is 14.4 Å². The summed E-state index contributed by atoms with van der Waals surface area (Å²) in [7, 11) is 0. The Morgan fingerprint density at radius 1 is 1.03 bits per heavy atom. The van der Waals surface area contributed by atoms with Gasteiger partial charge in [-0.1, -0.05) is 12.1 Å². The zero-order valence-corrected chi connectivity index (χ0v) is 18.1. The van der Waals surface area contributed by atoms with Crippen molar-refractivity contribution in [2.75, 3.05) is 26.3 Å². The van der Waals surface area contributed by atoms with Crippen molar-refractivity contribution in [1.29, 1.82) is 0 Å². The Balaban J connectivity index is 1.22. The summed E-state index contributed by atoms with van der Waals surface area (Å²) in [5.74, 6) is 1.01. The van der Waals surface area contributed by atoms with Crippen LogP contribution in [0.3, 0.4) is 0 Å². The zero-order valence-electron chi connectivity index (χ0n) is 18.1. The summed E-state index contributed by atoms with van der Waals surface area (Å²) in [5.41, 5.74) is 3.16. The summed E-state index contributed by atoms with van der Waals surface area (Å²) in [6.45, 7) is 4.19. The van der Waals surface area contributed by atoms with Gasteiger partial charge in [0, 0.05) is 25.9 Å². The van der Waals surface area contributed by atoms with E-state index >= 15 is 0 Å². The molecule has 0 aromatic heterocycles. The van der Waals surface area contributed by atoms with E-state index in [-0.39, 0.29) is 36.7 Å². The van der Waals surface area contributed by atoms with Gasteiger partial charge < -0.3 is 14.4 Å². The van der Waals surface area contributed by atoms with Crippen LogP contribution >= 0.6 is 0 Å². The average molecular weight is 434 g/mol. The van der Waals surface area contributed by atoms with E-state index in [1.165, 1.54) is 10.5 Å². The topological polar surface area (TPSA) is 76.2 Å². The maximum Gasteiger partial charge on any atom is 0.261 e. The number of nitrogens with zero attached hydrogens (tertiary/aromatic N) is 2. The summed E-state index contributed by atoms with van der Waals surface area (Å²) in [6.07, 6.45) is 2.35. The van der Waals surface area contributed by atoms with Crippen LogP contribution in [0.25, 0.3) is 0 Å². The molecule has 5 rings (SSSR count). The number of amides is 3. The summed E-state index contributed by atoms with van der Waals surface area (Å²) in [6, 6.07) is 10.8. The largest absolute Gasteiger partial charge is 0.490 e. The van der Waals surface area contributed by atoms with Crippen molar-refractivity contribution < 1.29 is 23.9 Å².